The van der Waals surface area contributed by atoms with Crippen LogP contribution in [-0.2, 0) is 11.3 Å². The SMILES string of the molecule is O=C(O)CN1CCCN(Cc2cc(Br)c(Br)o2)CC1. The average molecular weight is 396 g/mol. The zero-order chi connectivity index (χ0) is 13.8. The normalized spacial score (nSPS) is 18.4. The van der Waals surface area contributed by atoms with Crippen LogP contribution in [0.3, 0.4) is 0 Å². The minimum atomic E-state index is -0.757. The lowest BCUT2D eigenvalue weighted by molar-refractivity contribution is -0.138. The highest BCUT2D eigenvalue weighted by atomic mass is 79.9. The van der Waals surface area contributed by atoms with Crippen LogP contribution < -0.4 is 0 Å². The second-order valence-electron chi connectivity index (χ2n) is 4.63. The minimum absolute atomic E-state index is 0.131. The first-order valence-electron chi connectivity index (χ1n) is 6.15. The molecule has 0 radical (unpaired) electrons. The van der Waals surface area contributed by atoms with Crippen molar-refractivity contribution in [1.29, 1.82) is 0 Å². The molecule has 1 saturated heterocycles. The molecule has 106 valence electrons. The van der Waals surface area contributed by atoms with Gasteiger partial charge in [-0.15, -0.1) is 0 Å². The van der Waals surface area contributed by atoms with Crippen molar-refractivity contribution in [2.75, 3.05) is 32.7 Å². The lowest BCUT2D eigenvalue weighted by Gasteiger charge is -2.19. The van der Waals surface area contributed by atoms with Crippen molar-refractivity contribution in [3.05, 3.63) is 21.0 Å². The first-order valence-corrected chi connectivity index (χ1v) is 7.73. The summed E-state index contributed by atoms with van der Waals surface area (Å²) in [5.74, 6) is 0.151. The van der Waals surface area contributed by atoms with Gasteiger partial charge in [0, 0.05) is 19.6 Å². The molecule has 0 saturated carbocycles. The third kappa shape index (κ3) is 4.59. The Hall–Kier alpha value is -0.370. The van der Waals surface area contributed by atoms with Gasteiger partial charge in [-0.25, -0.2) is 0 Å². The quantitative estimate of drug-likeness (QED) is 0.848. The summed E-state index contributed by atoms with van der Waals surface area (Å²) in [4.78, 5) is 15.0. The number of carbonyl (C=O) groups is 1. The molecule has 2 rings (SSSR count). The topological polar surface area (TPSA) is 56.9 Å². The van der Waals surface area contributed by atoms with Crippen LogP contribution in [0.15, 0.2) is 19.6 Å². The summed E-state index contributed by atoms with van der Waals surface area (Å²) in [6.07, 6.45) is 0.982. The van der Waals surface area contributed by atoms with E-state index in [1.54, 1.807) is 0 Å². The van der Waals surface area contributed by atoms with Crippen LogP contribution in [0.2, 0.25) is 0 Å². The van der Waals surface area contributed by atoms with Gasteiger partial charge in [0.1, 0.15) is 5.76 Å². The molecule has 19 heavy (non-hydrogen) atoms. The van der Waals surface area contributed by atoms with Gasteiger partial charge >= 0.3 is 5.97 Å². The van der Waals surface area contributed by atoms with Crippen LogP contribution in [0.25, 0.3) is 0 Å². The van der Waals surface area contributed by atoms with Gasteiger partial charge in [-0.3, -0.25) is 14.6 Å². The molecule has 0 aliphatic carbocycles. The van der Waals surface area contributed by atoms with Gasteiger partial charge in [0.05, 0.1) is 17.6 Å². The molecule has 0 bridgehead atoms. The maximum Gasteiger partial charge on any atom is 0.317 e. The van der Waals surface area contributed by atoms with Crippen molar-refractivity contribution in [2.45, 2.75) is 13.0 Å². The molecule has 7 heteroatoms. The van der Waals surface area contributed by atoms with E-state index in [0.29, 0.717) is 4.67 Å². The third-order valence-corrected chi connectivity index (χ3v) is 4.83. The Morgan fingerprint density at radius 1 is 1.26 bits per heavy atom. The minimum Gasteiger partial charge on any atom is -0.480 e. The van der Waals surface area contributed by atoms with Gasteiger partial charge < -0.3 is 9.52 Å². The molecular weight excluding hydrogens is 380 g/mol. The van der Waals surface area contributed by atoms with Crippen LogP contribution >= 0.6 is 31.9 Å². The summed E-state index contributed by atoms with van der Waals surface area (Å²) >= 11 is 6.73. The number of carboxylic acids is 1. The highest BCUT2D eigenvalue weighted by molar-refractivity contribution is 9.13. The van der Waals surface area contributed by atoms with E-state index >= 15 is 0 Å². The Balaban J connectivity index is 1.87. The molecule has 1 N–H and O–H groups in total. The van der Waals surface area contributed by atoms with E-state index in [2.05, 4.69) is 36.8 Å². The fourth-order valence-corrected chi connectivity index (χ4v) is 2.88. The Bertz CT molecular complexity index is 431. The second-order valence-corrected chi connectivity index (χ2v) is 6.21. The zero-order valence-corrected chi connectivity index (χ0v) is 13.6. The fraction of sp³-hybridized carbons (Fsp3) is 0.583. The molecule has 2 heterocycles. The Kier molecular flexibility index (Phi) is 5.44. The molecule has 5 nitrogen and oxygen atoms in total. The first-order chi connectivity index (χ1) is 9.04. The van der Waals surface area contributed by atoms with Crippen LogP contribution in [0.1, 0.15) is 12.2 Å². The smallest absolute Gasteiger partial charge is 0.317 e. The van der Waals surface area contributed by atoms with Crippen molar-refractivity contribution >= 4 is 37.8 Å². The van der Waals surface area contributed by atoms with E-state index in [1.807, 2.05) is 11.0 Å². The summed E-state index contributed by atoms with van der Waals surface area (Å²) in [5.41, 5.74) is 0. The van der Waals surface area contributed by atoms with E-state index in [0.717, 1.165) is 49.4 Å². The molecule has 0 unspecified atom stereocenters. The molecule has 1 fully saturated rings. The molecular formula is C12H16Br2N2O3. The molecule has 1 aromatic rings. The molecule has 1 aliphatic heterocycles. The van der Waals surface area contributed by atoms with Crippen LogP contribution in [0.4, 0.5) is 0 Å². The van der Waals surface area contributed by atoms with E-state index < -0.39 is 5.97 Å². The van der Waals surface area contributed by atoms with E-state index in [9.17, 15) is 4.79 Å². The van der Waals surface area contributed by atoms with Gasteiger partial charge in [0.2, 0.25) is 0 Å². The van der Waals surface area contributed by atoms with Crippen LogP contribution in [0.5, 0.6) is 0 Å². The summed E-state index contributed by atoms with van der Waals surface area (Å²) in [5, 5.41) is 8.81. The number of aliphatic carboxylic acids is 1. The number of nitrogens with zero attached hydrogens (tertiary/aromatic N) is 2. The lowest BCUT2D eigenvalue weighted by atomic mass is 10.3. The number of halogens is 2. The second kappa shape index (κ2) is 6.88. The number of carboxylic acid groups (broad SMARTS) is 1. The predicted octanol–water partition coefficient (Wildman–Crippen LogP) is 2.40. The molecule has 0 amide bonds. The maximum atomic E-state index is 10.7. The zero-order valence-electron chi connectivity index (χ0n) is 10.4. The van der Waals surface area contributed by atoms with Gasteiger partial charge in [0.15, 0.2) is 4.67 Å². The molecule has 0 aromatic carbocycles. The van der Waals surface area contributed by atoms with Crippen molar-refractivity contribution in [1.82, 2.24) is 9.80 Å². The Morgan fingerprint density at radius 3 is 2.58 bits per heavy atom. The van der Waals surface area contributed by atoms with Crippen molar-refractivity contribution in [3.8, 4) is 0 Å². The Labute approximate surface area is 128 Å². The van der Waals surface area contributed by atoms with Gasteiger partial charge in [-0.05, 0) is 50.9 Å². The van der Waals surface area contributed by atoms with Gasteiger partial charge in [-0.2, -0.15) is 0 Å². The summed E-state index contributed by atoms with van der Waals surface area (Å²) in [7, 11) is 0. The molecule has 1 aromatic heterocycles. The van der Waals surface area contributed by atoms with E-state index in [1.165, 1.54) is 0 Å². The van der Waals surface area contributed by atoms with Gasteiger partial charge in [0.25, 0.3) is 0 Å². The first kappa shape index (κ1) is 15.0. The molecule has 1 aliphatic rings. The lowest BCUT2D eigenvalue weighted by Crippen LogP contribution is -2.33. The van der Waals surface area contributed by atoms with Crippen LogP contribution in [-0.4, -0.2) is 53.6 Å². The number of hydrogen-bond acceptors (Lipinski definition) is 4. The molecule has 0 spiro atoms. The standard InChI is InChI=1S/C12H16Br2N2O3/c13-10-6-9(19-12(10)14)7-15-2-1-3-16(5-4-15)8-11(17)18/h6H,1-5,7-8H2,(H,17,18). The number of hydrogen-bond donors (Lipinski definition) is 1. The number of rotatable bonds is 4. The third-order valence-electron chi connectivity index (χ3n) is 3.12. The Morgan fingerprint density at radius 2 is 1.95 bits per heavy atom. The summed E-state index contributed by atoms with van der Waals surface area (Å²) < 4.78 is 7.20. The highest BCUT2D eigenvalue weighted by Crippen LogP contribution is 2.27. The van der Waals surface area contributed by atoms with Crippen molar-refractivity contribution in [2.24, 2.45) is 0 Å². The largest absolute Gasteiger partial charge is 0.480 e. The van der Waals surface area contributed by atoms with Gasteiger partial charge in [-0.1, -0.05) is 0 Å². The van der Waals surface area contributed by atoms with Crippen molar-refractivity contribution in [3.63, 3.8) is 0 Å². The van der Waals surface area contributed by atoms with Crippen molar-refractivity contribution < 1.29 is 14.3 Å². The molecule has 0 atom stereocenters. The average Bonchev–Trinajstić information content (AvgIpc) is 2.51. The van der Waals surface area contributed by atoms with Crippen LogP contribution in [0, 0.1) is 0 Å². The highest BCUT2D eigenvalue weighted by Gasteiger charge is 2.18. The number of furan rings is 1. The summed E-state index contributed by atoms with van der Waals surface area (Å²) in [6, 6.07) is 1.96. The predicted molar refractivity (Wildman–Crippen MR) is 78.1 cm³/mol. The monoisotopic (exact) mass is 394 g/mol. The maximum absolute atomic E-state index is 10.7. The van der Waals surface area contributed by atoms with E-state index in [-0.39, 0.29) is 6.54 Å². The van der Waals surface area contributed by atoms with E-state index in [4.69, 9.17) is 9.52 Å². The fourth-order valence-electron chi connectivity index (χ4n) is 2.22. The summed E-state index contributed by atoms with van der Waals surface area (Å²) in [6.45, 7) is 4.34.